The molecule has 4 nitrogen and oxygen atoms in total. The van der Waals surface area contributed by atoms with E-state index in [1.54, 1.807) is 6.20 Å². The van der Waals surface area contributed by atoms with Crippen LogP contribution in [0.2, 0.25) is 0 Å². The van der Waals surface area contributed by atoms with Crippen LogP contribution < -0.4 is 10.6 Å². The summed E-state index contributed by atoms with van der Waals surface area (Å²) in [6, 6.07) is -0.0713. The van der Waals surface area contributed by atoms with E-state index in [1.807, 2.05) is 6.92 Å². The molecule has 0 aromatic carbocycles. The third-order valence-corrected chi connectivity index (χ3v) is 3.73. The fraction of sp³-hybridized carbons (Fsp3) is 0.636. The molecule has 1 aromatic rings. The highest BCUT2D eigenvalue weighted by Gasteiger charge is 2.27. The number of nitrogens with zero attached hydrogens (tertiary/aromatic N) is 1. The van der Waals surface area contributed by atoms with Gasteiger partial charge in [-0.05, 0) is 32.2 Å². The van der Waals surface area contributed by atoms with E-state index in [4.69, 9.17) is 0 Å². The van der Waals surface area contributed by atoms with Gasteiger partial charge in [-0.25, -0.2) is 4.98 Å². The second kappa shape index (κ2) is 4.93. The molecule has 2 atom stereocenters. The van der Waals surface area contributed by atoms with E-state index in [9.17, 15) is 4.79 Å². The topological polar surface area (TPSA) is 54.0 Å². The van der Waals surface area contributed by atoms with E-state index in [-0.39, 0.29) is 11.9 Å². The number of thiazole rings is 1. The Balaban J connectivity index is 1.96. The highest BCUT2D eigenvalue weighted by Crippen LogP contribution is 2.20. The molecule has 16 heavy (non-hydrogen) atoms. The Morgan fingerprint density at radius 1 is 1.69 bits per heavy atom. The van der Waals surface area contributed by atoms with Crippen molar-refractivity contribution in [3.05, 3.63) is 11.1 Å². The van der Waals surface area contributed by atoms with E-state index in [0.717, 1.165) is 24.3 Å². The molecule has 2 rings (SSSR count). The molecule has 1 saturated heterocycles. The molecule has 0 bridgehead atoms. The quantitative estimate of drug-likeness (QED) is 0.827. The molecule has 88 valence electrons. The molecule has 1 aliphatic heterocycles. The zero-order valence-electron chi connectivity index (χ0n) is 9.62. The van der Waals surface area contributed by atoms with Crippen LogP contribution in [0.5, 0.6) is 0 Å². The van der Waals surface area contributed by atoms with Crippen LogP contribution in [0.25, 0.3) is 0 Å². The van der Waals surface area contributed by atoms with Gasteiger partial charge >= 0.3 is 0 Å². The average Bonchev–Trinajstić information content (AvgIpc) is 2.64. The van der Waals surface area contributed by atoms with Crippen molar-refractivity contribution in [2.75, 3.05) is 11.9 Å². The van der Waals surface area contributed by atoms with Gasteiger partial charge in [0.15, 0.2) is 5.13 Å². The van der Waals surface area contributed by atoms with Gasteiger partial charge in [-0.3, -0.25) is 4.79 Å². The maximum Gasteiger partial charge on any atom is 0.243 e. The monoisotopic (exact) mass is 239 g/mol. The second-order valence-electron chi connectivity index (χ2n) is 4.32. The third kappa shape index (κ3) is 2.59. The smallest absolute Gasteiger partial charge is 0.243 e. The molecule has 0 radical (unpaired) electrons. The number of aryl methyl sites for hydroxylation is 1. The summed E-state index contributed by atoms with van der Waals surface area (Å²) in [4.78, 5) is 17.2. The molecule has 2 heterocycles. The first-order valence-corrected chi connectivity index (χ1v) is 6.45. The van der Waals surface area contributed by atoms with Crippen LogP contribution >= 0.6 is 11.3 Å². The number of anilines is 1. The summed E-state index contributed by atoms with van der Waals surface area (Å²) >= 11 is 1.51. The maximum atomic E-state index is 12.0. The second-order valence-corrected chi connectivity index (χ2v) is 5.55. The summed E-state index contributed by atoms with van der Waals surface area (Å²) in [7, 11) is 0. The van der Waals surface area contributed by atoms with Crippen molar-refractivity contribution in [3.8, 4) is 0 Å². The Hall–Kier alpha value is -0.940. The summed E-state index contributed by atoms with van der Waals surface area (Å²) in [6.45, 7) is 5.03. The number of carbonyl (C=O) groups excluding carboxylic acids is 1. The van der Waals surface area contributed by atoms with E-state index in [2.05, 4.69) is 22.5 Å². The predicted molar refractivity (Wildman–Crippen MR) is 65.7 cm³/mol. The number of rotatable bonds is 2. The van der Waals surface area contributed by atoms with Crippen molar-refractivity contribution < 1.29 is 4.79 Å². The lowest BCUT2D eigenvalue weighted by Crippen LogP contribution is -2.48. The molecule has 2 N–H and O–H groups in total. The highest BCUT2D eigenvalue weighted by molar-refractivity contribution is 7.15. The molecule has 0 spiro atoms. The van der Waals surface area contributed by atoms with Gasteiger partial charge in [-0.15, -0.1) is 11.3 Å². The van der Waals surface area contributed by atoms with Crippen molar-refractivity contribution in [1.29, 1.82) is 0 Å². The molecule has 1 fully saturated rings. The van der Waals surface area contributed by atoms with E-state index >= 15 is 0 Å². The van der Waals surface area contributed by atoms with Gasteiger partial charge < -0.3 is 10.6 Å². The van der Waals surface area contributed by atoms with E-state index in [1.165, 1.54) is 11.3 Å². The van der Waals surface area contributed by atoms with Gasteiger partial charge in [-0.2, -0.15) is 0 Å². The molecule has 2 unspecified atom stereocenters. The lowest BCUT2D eigenvalue weighted by Gasteiger charge is -2.28. The minimum Gasteiger partial charge on any atom is -0.306 e. The molecular weight excluding hydrogens is 222 g/mol. The largest absolute Gasteiger partial charge is 0.306 e. The minimum atomic E-state index is -0.0713. The van der Waals surface area contributed by atoms with Crippen LogP contribution in [0.1, 0.15) is 24.6 Å². The molecule has 0 saturated carbocycles. The molecule has 0 aliphatic carbocycles. The van der Waals surface area contributed by atoms with Crippen LogP contribution in [-0.4, -0.2) is 23.5 Å². The highest BCUT2D eigenvalue weighted by atomic mass is 32.1. The van der Waals surface area contributed by atoms with E-state index in [0.29, 0.717) is 11.0 Å². The molecule has 1 amide bonds. The predicted octanol–water partition coefficient (Wildman–Crippen LogP) is 1.78. The number of hydrogen-bond donors (Lipinski definition) is 2. The number of amides is 1. The van der Waals surface area contributed by atoms with Crippen LogP contribution in [0.15, 0.2) is 6.20 Å². The van der Waals surface area contributed by atoms with Crippen molar-refractivity contribution in [3.63, 3.8) is 0 Å². The number of aromatic nitrogens is 1. The maximum absolute atomic E-state index is 12.0. The van der Waals surface area contributed by atoms with Gasteiger partial charge in [0, 0.05) is 11.1 Å². The molecular formula is C11H17N3OS. The first-order chi connectivity index (χ1) is 7.66. The zero-order valence-corrected chi connectivity index (χ0v) is 10.4. The van der Waals surface area contributed by atoms with Crippen LogP contribution in [0.3, 0.4) is 0 Å². The van der Waals surface area contributed by atoms with Gasteiger partial charge in [0.2, 0.25) is 5.91 Å². The standard InChI is InChI=1S/C11H17N3OS/c1-7-4-3-5-12-9(7)10(15)14-11-13-6-8(2)16-11/h6-7,9,12H,3-5H2,1-2H3,(H,13,14,15). The lowest BCUT2D eigenvalue weighted by atomic mass is 9.92. The minimum absolute atomic E-state index is 0.0431. The Bertz CT molecular complexity index is 377. The first kappa shape index (κ1) is 11.5. The van der Waals surface area contributed by atoms with Gasteiger partial charge in [0.05, 0.1) is 6.04 Å². The first-order valence-electron chi connectivity index (χ1n) is 5.63. The van der Waals surface area contributed by atoms with Gasteiger partial charge in [0.25, 0.3) is 0 Å². The Labute approximate surface area is 99.5 Å². The summed E-state index contributed by atoms with van der Waals surface area (Å²) in [5, 5.41) is 6.83. The number of piperidine rings is 1. The number of hydrogen-bond acceptors (Lipinski definition) is 4. The van der Waals surface area contributed by atoms with Gasteiger partial charge in [-0.1, -0.05) is 6.92 Å². The van der Waals surface area contributed by atoms with Crippen molar-refractivity contribution in [2.24, 2.45) is 5.92 Å². The van der Waals surface area contributed by atoms with Crippen molar-refractivity contribution in [1.82, 2.24) is 10.3 Å². The van der Waals surface area contributed by atoms with Crippen molar-refractivity contribution >= 4 is 22.4 Å². The third-order valence-electron chi connectivity index (χ3n) is 2.90. The van der Waals surface area contributed by atoms with E-state index < -0.39 is 0 Å². The SMILES string of the molecule is Cc1cnc(NC(=O)C2NCCCC2C)s1. The number of carbonyl (C=O) groups is 1. The Kier molecular flexibility index (Phi) is 3.56. The van der Waals surface area contributed by atoms with Gasteiger partial charge in [0.1, 0.15) is 0 Å². The summed E-state index contributed by atoms with van der Waals surface area (Å²) in [6.07, 6.45) is 4.04. The molecule has 5 heteroatoms. The van der Waals surface area contributed by atoms with Crippen LogP contribution in [0.4, 0.5) is 5.13 Å². The molecule has 1 aliphatic rings. The fourth-order valence-electron chi connectivity index (χ4n) is 2.00. The normalized spacial score (nSPS) is 25.4. The Morgan fingerprint density at radius 3 is 3.12 bits per heavy atom. The fourth-order valence-corrected chi connectivity index (χ4v) is 2.66. The van der Waals surface area contributed by atoms with Crippen LogP contribution in [0, 0.1) is 12.8 Å². The lowest BCUT2D eigenvalue weighted by molar-refractivity contribution is -0.119. The molecule has 1 aromatic heterocycles. The summed E-state index contributed by atoms with van der Waals surface area (Å²) in [5.41, 5.74) is 0. The Morgan fingerprint density at radius 2 is 2.50 bits per heavy atom. The number of nitrogens with one attached hydrogen (secondary N) is 2. The zero-order chi connectivity index (χ0) is 11.5. The van der Waals surface area contributed by atoms with Crippen molar-refractivity contribution in [2.45, 2.75) is 32.7 Å². The average molecular weight is 239 g/mol. The summed E-state index contributed by atoms with van der Waals surface area (Å²) < 4.78 is 0. The van der Waals surface area contributed by atoms with Crippen LogP contribution in [-0.2, 0) is 4.79 Å². The summed E-state index contributed by atoms with van der Waals surface area (Å²) in [5.74, 6) is 0.441.